The Hall–Kier alpha value is -3.39. The first-order chi connectivity index (χ1) is 15.0. The number of aromatic amines is 1. The van der Waals surface area contributed by atoms with Crippen molar-refractivity contribution >= 4 is 28.5 Å². The maximum absolute atomic E-state index is 12.9. The van der Waals surface area contributed by atoms with Crippen LogP contribution < -0.4 is 10.9 Å². The smallest absolute Gasteiger partial charge is 0.356 e. The number of fused-ring (bicyclic) bond motifs is 5. The summed E-state index contributed by atoms with van der Waals surface area (Å²) in [7, 11) is 1.31. The molecule has 1 amide bonds. The standard InChI is InChI=1S/C23H24N4O4/c1-31-23(30)22-21(16-5-2-3-6-17(16)24-22)25-19(28)13-26-10-14-9-15(12-26)18-7-4-8-20(29)27(18)11-14/h2-8,14-15,24H,9-13H2,1H3,(H,25,28)/t14-,15+/m1/s1. The molecule has 0 spiro atoms. The molecule has 2 atom stereocenters. The van der Waals surface area contributed by atoms with E-state index in [1.165, 1.54) is 7.11 Å². The first-order valence-corrected chi connectivity index (χ1v) is 10.4. The van der Waals surface area contributed by atoms with Crippen LogP contribution in [0.25, 0.3) is 10.9 Å². The topological polar surface area (TPSA) is 96.4 Å². The van der Waals surface area contributed by atoms with Gasteiger partial charge in [0.05, 0.1) is 19.3 Å². The Bertz CT molecular complexity index is 1230. The van der Waals surface area contributed by atoms with E-state index in [1.807, 2.05) is 41.0 Å². The number of benzene rings is 1. The third kappa shape index (κ3) is 3.53. The van der Waals surface area contributed by atoms with Crippen LogP contribution in [-0.2, 0) is 16.1 Å². The summed E-state index contributed by atoms with van der Waals surface area (Å²) in [5.74, 6) is -0.118. The lowest BCUT2D eigenvalue weighted by atomic mass is 9.83. The molecule has 1 fully saturated rings. The first-order valence-electron chi connectivity index (χ1n) is 10.4. The van der Waals surface area contributed by atoms with Crippen LogP contribution in [0.4, 0.5) is 5.69 Å². The average Bonchev–Trinajstić information content (AvgIpc) is 3.12. The molecule has 5 rings (SSSR count). The molecule has 1 aromatic carbocycles. The van der Waals surface area contributed by atoms with Crippen molar-refractivity contribution in [3.63, 3.8) is 0 Å². The van der Waals surface area contributed by atoms with E-state index in [9.17, 15) is 14.4 Å². The van der Waals surface area contributed by atoms with Gasteiger partial charge in [0, 0.05) is 48.2 Å². The summed E-state index contributed by atoms with van der Waals surface area (Å²) in [6, 6.07) is 12.9. The number of rotatable bonds is 4. The second-order valence-electron chi connectivity index (χ2n) is 8.35. The number of piperidine rings is 1. The van der Waals surface area contributed by atoms with Gasteiger partial charge < -0.3 is 19.6 Å². The Morgan fingerprint density at radius 1 is 1.13 bits per heavy atom. The maximum atomic E-state index is 12.9. The number of methoxy groups -OCH3 is 1. The van der Waals surface area contributed by atoms with E-state index >= 15 is 0 Å². The lowest BCUT2D eigenvalue weighted by molar-refractivity contribution is -0.117. The highest BCUT2D eigenvalue weighted by molar-refractivity contribution is 6.11. The Labute approximate surface area is 178 Å². The quantitative estimate of drug-likeness (QED) is 0.631. The van der Waals surface area contributed by atoms with Crippen LogP contribution >= 0.6 is 0 Å². The highest BCUT2D eigenvalue weighted by Gasteiger charge is 2.35. The number of H-pyrrole nitrogens is 1. The number of anilines is 1. The van der Waals surface area contributed by atoms with E-state index in [-0.39, 0.29) is 29.6 Å². The van der Waals surface area contributed by atoms with Crippen LogP contribution in [0.5, 0.6) is 0 Å². The van der Waals surface area contributed by atoms with Crippen LogP contribution in [0, 0.1) is 5.92 Å². The van der Waals surface area contributed by atoms with Gasteiger partial charge in [-0.1, -0.05) is 24.3 Å². The van der Waals surface area contributed by atoms with Crippen molar-refractivity contribution in [3.8, 4) is 0 Å². The zero-order valence-corrected chi connectivity index (χ0v) is 17.3. The normalized spacial score (nSPS) is 20.3. The van der Waals surface area contributed by atoms with Crippen LogP contribution in [0.15, 0.2) is 47.3 Å². The summed E-state index contributed by atoms with van der Waals surface area (Å²) in [6.45, 7) is 2.41. The molecule has 3 aromatic rings. The van der Waals surface area contributed by atoms with Crippen molar-refractivity contribution in [1.82, 2.24) is 14.5 Å². The number of hydrogen-bond acceptors (Lipinski definition) is 5. The highest BCUT2D eigenvalue weighted by Crippen LogP contribution is 2.35. The molecule has 160 valence electrons. The van der Waals surface area contributed by atoms with Gasteiger partial charge in [0.2, 0.25) is 5.91 Å². The molecule has 0 unspecified atom stereocenters. The van der Waals surface area contributed by atoms with Gasteiger partial charge >= 0.3 is 5.97 Å². The van der Waals surface area contributed by atoms with Crippen molar-refractivity contribution in [2.75, 3.05) is 32.1 Å². The predicted octanol–water partition coefficient (Wildman–Crippen LogP) is 2.17. The van der Waals surface area contributed by atoms with Gasteiger partial charge in [0.25, 0.3) is 5.56 Å². The Morgan fingerprint density at radius 3 is 2.81 bits per heavy atom. The zero-order valence-electron chi connectivity index (χ0n) is 17.3. The van der Waals surface area contributed by atoms with Crippen molar-refractivity contribution in [2.24, 2.45) is 5.92 Å². The van der Waals surface area contributed by atoms with Crippen molar-refractivity contribution in [3.05, 3.63) is 64.2 Å². The van der Waals surface area contributed by atoms with E-state index in [1.54, 1.807) is 6.07 Å². The van der Waals surface area contributed by atoms with Crippen molar-refractivity contribution < 1.29 is 14.3 Å². The number of carbonyl (C=O) groups excluding carboxylic acids is 2. The number of nitrogens with zero attached hydrogens (tertiary/aromatic N) is 2. The molecule has 2 aromatic heterocycles. The average molecular weight is 420 g/mol. The van der Waals surface area contributed by atoms with Crippen LogP contribution in [0.2, 0.25) is 0 Å². The number of pyridine rings is 1. The Morgan fingerprint density at radius 2 is 1.97 bits per heavy atom. The number of esters is 1. The third-order valence-corrected chi connectivity index (χ3v) is 6.28. The highest BCUT2D eigenvalue weighted by atomic mass is 16.5. The molecule has 8 nitrogen and oxygen atoms in total. The van der Waals surface area contributed by atoms with Crippen LogP contribution in [0.1, 0.15) is 28.5 Å². The molecule has 1 saturated heterocycles. The first kappa shape index (κ1) is 19.6. The molecular weight excluding hydrogens is 396 g/mol. The van der Waals surface area contributed by atoms with E-state index in [0.29, 0.717) is 18.2 Å². The Kier molecular flexibility index (Phi) is 4.86. The van der Waals surface area contributed by atoms with Gasteiger partial charge in [-0.3, -0.25) is 14.5 Å². The number of aromatic nitrogens is 2. The van der Waals surface area contributed by atoms with Gasteiger partial charge in [-0.15, -0.1) is 0 Å². The SMILES string of the molecule is COC(=O)c1[nH]c2ccccc2c1NC(=O)CN1C[C@H]2C[C@@H](C1)c1cccc(=O)n1C2. The molecule has 2 aliphatic rings. The number of ether oxygens (including phenoxy) is 1. The predicted molar refractivity (Wildman–Crippen MR) is 116 cm³/mol. The summed E-state index contributed by atoms with van der Waals surface area (Å²) in [5, 5.41) is 3.69. The molecule has 31 heavy (non-hydrogen) atoms. The summed E-state index contributed by atoms with van der Waals surface area (Å²) >= 11 is 0. The van der Waals surface area contributed by atoms with E-state index in [2.05, 4.69) is 15.2 Å². The molecule has 8 heteroatoms. The molecule has 0 radical (unpaired) electrons. The van der Waals surface area contributed by atoms with Crippen LogP contribution in [-0.4, -0.2) is 53.1 Å². The van der Waals surface area contributed by atoms with Gasteiger partial charge in [-0.05, 0) is 24.5 Å². The number of para-hydroxylation sites is 1. The second-order valence-corrected chi connectivity index (χ2v) is 8.35. The molecule has 0 saturated carbocycles. The van der Waals surface area contributed by atoms with Crippen molar-refractivity contribution in [2.45, 2.75) is 18.9 Å². The summed E-state index contributed by atoms with van der Waals surface area (Å²) in [4.78, 5) is 42.5. The number of hydrogen-bond donors (Lipinski definition) is 2. The molecule has 2 bridgehead atoms. The van der Waals surface area contributed by atoms with Gasteiger partial charge in [-0.2, -0.15) is 0 Å². The number of amides is 1. The summed E-state index contributed by atoms with van der Waals surface area (Å²) in [5.41, 5.74) is 2.54. The molecule has 2 aliphatic heterocycles. The lowest BCUT2D eigenvalue weighted by Gasteiger charge is -2.42. The largest absolute Gasteiger partial charge is 0.464 e. The molecule has 0 aliphatic carbocycles. The molecular formula is C23H24N4O4. The number of likely N-dealkylation sites (tertiary alicyclic amines) is 1. The number of carbonyl (C=O) groups is 2. The van der Waals surface area contributed by atoms with E-state index in [4.69, 9.17) is 4.74 Å². The van der Waals surface area contributed by atoms with Gasteiger partial charge in [0.1, 0.15) is 5.69 Å². The van der Waals surface area contributed by atoms with Gasteiger partial charge in [-0.25, -0.2) is 4.79 Å². The minimum Gasteiger partial charge on any atom is -0.464 e. The zero-order chi connectivity index (χ0) is 21.5. The molecule has 2 N–H and O–H groups in total. The lowest BCUT2D eigenvalue weighted by Crippen LogP contribution is -2.49. The fraction of sp³-hybridized carbons (Fsp3) is 0.348. The Balaban J connectivity index is 1.34. The minimum absolute atomic E-state index is 0.0491. The van der Waals surface area contributed by atoms with Crippen LogP contribution in [0.3, 0.4) is 0 Å². The number of nitrogens with one attached hydrogen (secondary N) is 2. The summed E-state index contributed by atoms with van der Waals surface area (Å²) < 4.78 is 6.75. The van der Waals surface area contributed by atoms with Crippen molar-refractivity contribution in [1.29, 1.82) is 0 Å². The van der Waals surface area contributed by atoms with Gasteiger partial charge in [0.15, 0.2) is 0 Å². The maximum Gasteiger partial charge on any atom is 0.356 e. The monoisotopic (exact) mass is 420 g/mol. The van der Waals surface area contributed by atoms with E-state index < -0.39 is 5.97 Å². The molecule has 4 heterocycles. The minimum atomic E-state index is -0.527. The fourth-order valence-electron chi connectivity index (χ4n) is 5.03. The fourth-order valence-corrected chi connectivity index (χ4v) is 5.03. The second kappa shape index (κ2) is 7.70. The third-order valence-electron chi connectivity index (χ3n) is 6.28. The summed E-state index contributed by atoms with van der Waals surface area (Å²) in [6.07, 6.45) is 1.04. The van der Waals surface area contributed by atoms with E-state index in [0.717, 1.165) is 36.1 Å².